The van der Waals surface area contributed by atoms with Gasteiger partial charge in [0.15, 0.2) is 5.79 Å². The van der Waals surface area contributed by atoms with Crippen LogP contribution in [0.15, 0.2) is 43.0 Å². The van der Waals surface area contributed by atoms with Crippen LogP contribution in [0.2, 0.25) is 5.02 Å². The van der Waals surface area contributed by atoms with Gasteiger partial charge in [0.25, 0.3) is 0 Å². The van der Waals surface area contributed by atoms with Gasteiger partial charge in [0.05, 0.1) is 26.1 Å². The second kappa shape index (κ2) is 8.34. The van der Waals surface area contributed by atoms with E-state index in [1.807, 2.05) is 29.2 Å². The van der Waals surface area contributed by atoms with E-state index in [-0.39, 0.29) is 5.41 Å². The second-order valence-corrected chi connectivity index (χ2v) is 8.83. The zero-order chi connectivity index (χ0) is 19.5. The summed E-state index contributed by atoms with van der Waals surface area (Å²) in [5.41, 5.74) is 1.29. The van der Waals surface area contributed by atoms with Crippen LogP contribution in [0.4, 0.5) is 0 Å². The Balaban J connectivity index is 1.76. The van der Waals surface area contributed by atoms with Crippen LogP contribution >= 0.6 is 11.6 Å². The van der Waals surface area contributed by atoms with Gasteiger partial charge in [-0.1, -0.05) is 51.4 Å². The highest BCUT2D eigenvalue weighted by molar-refractivity contribution is 6.30. The molecule has 0 spiro atoms. The highest BCUT2D eigenvalue weighted by Crippen LogP contribution is 2.43. The molecule has 3 rings (SSSR count). The molecule has 0 saturated carbocycles. The van der Waals surface area contributed by atoms with Crippen molar-refractivity contribution in [2.45, 2.75) is 52.9 Å². The van der Waals surface area contributed by atoms with Crippen molar-refractivity contribution in [1.82, 2.24) is 9.55 Å². The van der Waals surface area contributed by atoms with E-state index in [1.54, 1.807) is 6.20 Å². The molecule has 5 heteroatoms. The number of hydrogen-bond acceptors (Lipinski definition) is 3. The smallest absolute Gasteiger partial charge is 0.186 e. The number of nitrogens with zero attached hydrogens (tertiary/aromatic N) is 2. The van der Waals surface area contributed by atoms with E-state index in [1.165, 1.54) is 5.56 Å². The lowest BCUT2D eigenvalue weighted by molar-refractivity contribution is -0.325. The number of ether oxygens (including phenoxy) is 2. The average Bonchev–Trinajstić information content (AvgIpc) is 3.14. The largest absolute Gasteiger partial charge is 0.347 e. The number of hydrogen-bond donors (Lipinski definition) is 0. The number of aromatic nitrogens is 2. The highest BCUT2D eigenvalue weighted by Gasteiger charge is 2.48. The van der Waals surface area contributed by atoms with Gasteiger partial charge in [-0.15, -0.1) is 0 Å². The second-order valence-electron chi connectivity index (χ2n) is 8.39. The molecule has 1 saturated heterocycles. The molecule has 4 nitrogen and oxygen atoms in total. The molecule has 0 amide bonds. The van der Waals surface area contributed by atoms with Crippen molar-refractivity contribution < 1.29 is 9.47 Å². The summed E-state index contributed by atoms with van der Waals surface area (Å²) in [6, 6.07) is 8.01. The molecule has 1 aliphatic heterocycles. The number of halogens is 1. The Kier molecular flexibility index (Phi) is 6.29. The van der Waals surface area contributed by atoms with Crippen molar-refractivity contribution in [3.8, 4) is 0 Å². The maximum atomic E-state index is 6.53. The third-order valence-electron chi connectivity index (χ3n) is 6.20. The van der Waals surface area contributed by atoms with Crippen LogP contribution in [0.25, 0.3) is 0 Å². The number of rotatable bonds is 7. The third-order valence-corrected chi connectivity index (χ3v) is 6.45. The minimum absolute atomic E-state index is 0.0543. The number of aryl methyl sites for hydroxylation is 1. The lowest BCUT2D eigenvalue weighted by atomic mass is 9.69. The number of benzene rings is 1. The normalized spacial score (nSPS) is 18.9. The Labute approximate surface area is 167 Å². The summed E-state index contributed by atoms with van der Waals surface area (Å²) in [5, 5.41) is 0.760. The molecule has 1 fully saturated rings. The fourth-order valence-electron chi connectivity index (χ4n) is 3.91. The summed E-state index contributed by atoms with van der Waals surface area (Å²) in [6.07, 6.45) is 7.25. The van der Waals surface area contributed by atoms with Crippen molar-refractivity contribution in [3.63, 3.8) is 0 Å². The van der Waals surface area contributed by atoms with E-state index >= 15 is 0 Å². The van der Waals surface area contributed by atoms with Gasteiger partial charge in [-0.05, 0) is 36.0 Å². The van der Waals surface area contributed by atoms with Crippen LogP contribution in [0.5, 0.6) is 0 Å². The quantitative estimate of drug-likeness (QED) is 0.651. The first-order chi connectivity index (χ1) is 12.9. The van der Waals surface area contributed by atoms with Crippen LogP contribution < -0.4 is 0 Å². The molecule has 0 unspecified atom stereocenters. The van der Waals surface area contributed by atoms with Crippen LogP contribution in [0.1, 0.15) is 39.7 Å². The lowest BCUT2D eigenvalue weighted by Gasteiger charge is -2.50. The predicted molar refractivity (Wildman–Crippen MR) is 109 cm³/mol. The highest BCUT2D eigenvalue weighted by atomic mass is 35.5. The summed E-state index contributed by atoms with van der Waals surface area (Å²) in [6.45, 7) is 11.2. The first-order valence-corrected chi connectivity index (χ1v) is 10.2. The van der Waals surface area contributed by atoms with E-state index < -0.39 is 5.79 Å². The van der Waals surface area contributed by atoms with Gasteiger partial charge in [-0.25, -0.2) is 4.98 Å². The molecule has 1 aliphatic rings. The first kappa shape index (κ1) is 20.4. The van der Waals surface area contributed by atoms with E-state index in [2.05, 4.69) is 44.8 Å². The molecule has 0 aliphatic carbocycles. The van der Waals surface area contributed by atoms with Gasteiger partial charge in [0.2, 0.25) is 0 Å². The molecule has 1 aromatic heterocycles. The van der Waals surface area contributed by atoms with E-state index in [4.69, 9.17) is 21.1 Å². The van der Waals surface area contributed by atoms with Gasteiger partial charge in [-0.3, -0.25) is 0 Å². The fourth-order valence-corrected chi connectivity index (χ4v) is 4.03. The summed E-state index contributed by atoms with van der Waals surface area (Å²) < 4.78 is 15.1. The van der Waals surface area contributed by atoms with E-state index in [0.717, 1.165) is 31.1 Å². The van der Waals surface area contributed by atoms with Crippen LogP contribution in [0.3, 0.4) is 0 Å². The summed E-state index contributed by atoms with van der Waals surface area (Å²) >= 11 is 6.01. The third kappa shape index (κ3) is 4.56. The maximum Gasteiger partial charge on any atom is 0.186 e. The zero-order valence-electron chi connectivity index (χ0n) is 16.8. The van der Waals surface area contributed by atoms with Gasteiger partial charge >= 0.3 is 0 Å². The molecule has 2 heterocycles. The molecule has 27 heavy (non-hydrogen) atoms. The molecule has 0 N–H and O–H groups in total. The molecule has 1 aromatic carbocycles. The lowest BCUT2D eigenvalue weighted by Crippen LogP contribution is -2.55. The van der Waals surface area contributed by atoms with Crippen molar-refractivity contribution in [3.05, 3.63) is 53.6 Å². The van der Waals surface area contributed by atoms with Crippen molar-refractivity contribution in [2.75, 3.05) is 13.2 Å². The molecule has 148 valence electrons. The molecule has 0 radical (unpaired) electrons. The van der Waals surface area contributed by atoms with Crippen LogP contribution in [-0.4, -0.2) is 28.6 Å². The van der Waals surface area contributed by atoms with Gasteiger partial charge in [0, 0.05) is 29.3 Å². The monoisotopic (exact) mass is 390 g/mol. The van der Waals surface area contributed by atoms with Crippen LogP contribution in [0, 0.1) is 17.3 Å². The Morgan fingerprint density at radius 3 is 2.22 bits per heavy atom. The van der Waals surface area contributed by atoms with E-state index in [9.17, 15) is 0 Å². The SMILES string of the molecule is CC(C)C1(C(C)C)COC(CCc2ccc(Cl)cc2)(Cn2ccnc2)OC1. The first-order valence-electron chi connectivity index (χ1n) is 9.83. The van der Waals surface area contributed by atoms with Crippen molar-refractivity contribution in [2.24, 2.45) is 17.3 Å². The Hall–Kier alpha value is -1.36. The molecule has 2 aromatic rings. The predicted octanol–water partition coefficient (Wildman–Crippen LogP) is 5.21. The van der Waals surface area contributed by atoms with Crippen molar-refractivity contribution >= 4 is 11.6 Å². The zero-order valence-corrected chi connectivity index (χ0v) is 17.6. The topological polar surface area (TPSA) is 36.3 Å². The minimum atomic E-state index is -0.631. The fraction of sp³-hybridized carbons (Fsp3) is 0.591. The summed E-state index contributed by atoms with van der Waals surface area (Å²) in [4.78, 5) is 4.17. The average molecular weight is 391 g/mol. The van der Waals surface area contributed by atoms with Gasteiger partial charge in [-0.2, -0.15) is 0 Å². The summed E-state index contributed by atoms with van der Waals surface area (Å²) in [7, 11) is 0. The van der Waals surface area contributed by atoms with Crippen LogP contribution in [-0.2, 0) is 22.4 Å². The number of imidazole rings is 1. The minimum Gasteiger partial charge on any atom is -0.347 e. The molecular formula is C22H31ClN2O2. The van der Waals surface area contributed by atoms with Gasteiger partial charge < -0.3 is 14.0 Å². The van der Waals surface area contributed by atoms with Crippen molar-refractivity contribution in [1.29, 1.82) is 0 Å². The maximum absolute atomic E-state index is 6.53. The molecular weight excluding hydrogens is 360 g/mol. The summed E-state index contributed by atoms with van der Waals surface area (Å²) in [5.74, 6) is 0.369. The Morgan fingerprint density at radius 1 is 1.07 bits per heavy atom. The Bertz CT molecular complexity index is 692. The molecule has 0 bridgehead atoms. The Morgan fingerprint density at radius 2 is 1.70 bits per heavy atom. The van der Waals surface area contributed by atoms with Gasteiger partial charge in [0.1, 0.15) is 0 Å². The molecule has 0 atom stereocenters. The standard InChI is InChI=1S/C22H31ClN2O2/c1-17(2)21(18(3)4)14-26-22(27-15-21,13-25-12-11-24-16-25)10-9-19-5-7-20(23)8-6-19/h5-8,11-12,16-18H,9-10,13-15H2,1-4H3. The van der Waals surface area contributed by atoms with E-state index in [0.29, 0.717) is 18.4 Å².